The molecule has 0 unspecified atom stereocenters. The van der Waals surface area contributed by atoms with Gasteiger partial charge in [-0.2, -0.15) is 13.2 Å². The van der Waals surface area contributed by atoms with Crippen LogP contribution in [0.5, 0.6) is 0 Å². The highest BCUT2D eigenvalue weighted by atomic mass is 32.2. The van der Waals surface area contributed by atoms with Crippen LogP contribution in [0.4, 0.5) is 18.9 Å². The molecule has 0 aliphatic carbocycles. The molecule has 0 N–H and O–H groups in total. The predicted octanol–water partition coefficient (Wildman–Crippen LogP) is 6.37. The lowest BCUT2D eigenvalue weighted by molar-refractivity contribution is -0.137. The first kappa shape index (κ1) is 28.9. The quantitative estimate of drug-likeness (QED) is 0.196. The third kappa shape index (κ3) is 6.42. The zero-order chi connectivity index (χ0) is 30.0. The zero-order valence-electron chi connectivity index (χ0n) is 23.0. The molecule has 0 saturated carbocycles. The van der Waals surface area contributed by atoms with Gasteiger partial charge in [-0.15, -0.1) is 21.5 Å². The number of halogens is 3. The molecule has 1 saturated heterocycles. The lowest BCUT2D eigenvalue weighted by atomic mass is 10.1. The van der Waals surface area contributed by atoms with Crippen molar-refractivity contribution in [3.8, 4) is 17.1 Å². The van der Waals surface area contributed by atoms with Crippen molar-refractivity contribution in [1.82, 2.24) is 29.6 Å². The Labute approximate surface area is 254 Å². The summed E-state index contributed by atoms with van der Waals surface area (Å²) < 4.78 is 41.4. The molecule has 1 aliphatic heterocycles. The van der Waals surface area contributed by atoms with Crippen molar-refractivity contribution in [2.24, 2.45) is 0 Å². The van der Waals surface area contributed by atoms with Gasteiger partial charge < -0.3 is 9.80 Å². The lowest BCUT2D eigenvalue weighted by Crippen LogP contribution is -2.49. The topological polar surface area (TPSA) is 80.0 Å². The van der Waals surface area contributed by atoms with Crippen molar-refractivity contribution in [1.29, 1.82) is 0 Å². The van der Waals surface area contributed by atoms with Crippen molar-refractivity contribution >= 4 is 34.7 Å². The molecule has 220 valence electrons. The van der Waals surface area contributed by atoms with Crippen molar-refractivity contribution < 1.29 is 18.0 Å². The number of carbonyl (C=O) groups excluding carboxylic acids is 1. The second-order valence-electron chi connectivity index (χ2n) is 9.96. The minimum Gasteiger partial charge on any atom is -0.368 e. The van der Waals surface area contributed by atoms with Crippen LogP contribution in [0.3, 0.4) is 0 Å². The predicted molar refractivity (Wildman–Crippen MR) is 161 cm³/mol. The summed E-state index contributed by atoms with van der Waals surface area (Å²) in [5, 5.41) is 12.1. The number of benzene rings is 2. The van der Waals surface area contributed by atoms with E-state index in [1.54, 1.807) is 28.7 Å². The largest absolute Gasteiger partial charge is 0.416 e. The Morgan fingerprint density at radius 2 is 1.77 bits per heavy atom. The van der Waals surface area contributed by atoms with Crippen molar-refractivity contribution in [2.45, 2.75) is 24.0 Å². The standard InChI is InChI=1S/C30H26F3N7OS2/c1-20-7-9-23(10-8-20)40-27(21-4-3-11-34-17-21)36-37-29(40)43-19-26-35-25(18-42-26)28(41)39-14-12-38(13-15-39)24-6-2-5-22(16-24)30(31,32)33/h2-11,16-18H,12-15,19H2,1H3. The fraction of sp³-hybridized carbons (Fsp3) is 0.233. The smallest absolute Gasteiger partial charge is 0.368 e. The van der Waals surface area contributed by atoms with E-state index >= 15 is 0 Å². The number of hydrogen-bond donors (Lipinski definition) is 0. The average Bonchev–Trinajstić information content (AvgIpc) is 3.68. The van der Waals surface area contributed by atoms with Crippen LogP contribution in [0, 0.1) is 6.92 Å². The first-order valence-electron chi connectivity index (χ1n) is 13.5. The number of thiazole rings is 1. The zero-order valence-corrected chi connectivity index (χ0v) is 24.7. The molecule has 3 aromatic heterocycles. The van der Waals surface area contributed by atoms with Gasteiger partial charge >= 0.3 is 6.18 Å². The minimum absolute atomic E-state index is 0.183. The average molecular weight is 622 g/mol. The highest BCUT2D eigenvalue weighted by Crippen LogP contribution is 2.33. The number of aryl methyl sites for hydroxylation is 1. The summed E-state index contributed by atoms with van der Waals surface area (Å²) in [4.78, 5) is 25.6. The third-order valence-electron chi connectivity index (χ3n) is 7.05. The Hall–Kier alpha value is -4.23. The molecule has 0 spiro atoms. The van der Waals surface area contributed by atoms with Gasteiger partial charge in [0.1, 0.15) is 10.7 Å². The Bertz CT molecular complexity index is 1710. The molecular weight excluding hydrogens is 596 g/mol. The molecule has 43 heavy (non-hydrogen) atoms. The summed E-state index contributed by atoms with van der Waals surface area (Å²) in [6.45, 7) is 3.70. The van der Waals surface area contributed by atoms with Gasteiger partial charge in [0.05, 0.1) is 11.3 Å². The Balaban J connectivity index is 1.12. The van der Waals surface area contributed by atoms with Gasteiger partial charge in [-0.05, 0) is 49.4 Å². The highest BCUT2D eigenvalue weighted by molar-refractivity contribution is 7.98. The number of carbonyl (C=O) groups is 1. The van der Waals surface area contributed by atoms with Crippen LogP contribution in [-0.2, 0) is 11.9 Å². The number of piperazine rings is 1. The van der Waals surface area contributed by atoms with E-state index in [4.69, 9.17) is 0 Å². The van der Waals surface area contributed by atoms with Crippen molar-refractivity contribution in [3.63, 3.8) is 0 Å². The molecule has 4 heterocycles. The molecule has 8 nitrogen and oxygen atoms in total. The molecule has 0 atom stereocenters. The fourth-order valence-corrected chi connectivity index (χ4v) is 6.52. The SMILES string of the molecule is Cc1ccc(-n2c(SCc3nc(C(=O)N4CCN(c5cccc(C(F)(F)F)c5)CC4)cs3)nnc2-c2cccnc2)cc1. The van der Waals surface area contributed by atoms with Gasteiger partial charge in [0.2, 0.25) is 0 Å². The fourth-order valence-electron chi connectivity index (χ4n) is 4.78. The maximum absolute atomic E-state index is 13.2. The number of nitrogens with zero attached hydrogens (tertiary/aromatic N) is 7. The first-order chi connectivity index (χ1) is 20.8. The molecule has 1 amide bonds. The summed E-state index contributed by atoms with van der Waals surface area (Å²) in [6, 6.07) is 17.2. The van der Waals surface area contributed by atoms with E-state index < -0.39 is 11.7 Å². The van der Waals surface area contributed by atoms with Crippen LogP contribution in [0.25, 0.3) is 17.1 Å². The van der Waals surface area contributed by atoms with Gasteiger partial charge in [-0.3, -0.25) is 14.3 Å². The summed E-state index contributed by atoms with van der Waals surface area (Å²) in [6.07, 6.45) is -0.933. The van der Waals surface area contributed by atoms with E-state index in [1.807, 2.05) is 52.8 Å². The molecular formula is C30H26F3N7OS2. The normalized spacial score (nSPS) is 13.9. The molecule has 5 aromatic rings. The number of rotatable bonds is 7. The van der Waals surface area contributed by atoms with Crippen LogP contribution in [0.1, 0.15) is 26.6 Å². The van der Waals surface area contributed by atoms with E-state index in [-0.39, 0.29) is 5.91 Å². The van der Waals surface area contributed by atoms with Crippen LogP contribution in [-0.4, -0.2) is 61.7 Å². The lowest BCUT2D eigenvalue weighted by Gasteiger charge is -2.36. The highest BCUT2D eigenvalue weighted by Gasteiger charge is 2.31. The van der Waals surface area contributed by atoms with E-state index in [0.717, 1.165) is 34.0 Å². The maximum Gasteiger partial charge on any atom is 0.416 e. The van der Waals surface area contributed by atoms with Crippen LogP contribution in [0.15, 0.2) is 83.6 Å². The summed E-state index contributed by atoms with van der Waals surface area (Å²) in [7, 11) is 0. The molecule has 1 fully saturated rings. The second-order valence-corrected chi connectivity index (χ2v) is 11.8. The van der Waals surface area contributed by atoms with Crippen LogP contribution >= 0.6 is 23.1 Å². The van der Waals surface area contributed by atoms with E-state index in [9.17, 15) is 18.0 Å². The van der Waals surface area contributed by atoms with Crippen LogP contribution in [0.2, 0.25) is 0 Å². The molecule has 6 rings (SSSR count). The van der Waals surface area contributed by atoms with E-state index in [1.165, 1.54) is 29.2 Å². The molecule has 0 radical (unpaired) electrons. The van der Waals surface area contributed by atoms with Crippen molar-refractivity contribution in [2.75, 3.05) is 31.1 Å². The first-order valence-corrected chi connectivity index (χ1v) is 15.3. The Morgan fingerprint density at radius 3 is 2.49 bits per heavy atom. The van der Waals surface area contributed by atoms with Gasteiger partial charge in [-0.1, -0.05) is 35.5 Å². The van der Waals surface area contributed by atoms with Crippen LogP contribution < -0.4 is 4.90 Å². The number of amides is 1. The van der Waals surface area contributed by atoms with Gasteiger partial charge in [0.25, 0.3) is 5.91 Å². The number of pyridine rings is 1. The summed E-state index contributed by atoms with van der Waals surface area (Å²) in [5.41, 5.74) is 3.10. The number of anilines is 1. The van der Waals surface area contributed by atoms with Crippen molar-refractivity contribution in [3.05, 3.63) is 100 Å². The Kier molecular flexibility index (Phi) is 8.17. The summed E-state index contributed by atoms with van der Waals surface area (Å²) >= 11 is 2.89. The number of alkyl halides is 3. The molecule has 1 aliphatic rings. The molecule has 2 aromatic carbocycles. The van der Waals surface area contributed by atoms with Gasteiger partial charge in [-0.25, -0.2) is 4.98 Å². The number of hydrogen-bond acceptors (Lipinski definition) is 8. The van der Waals surface area contributed by atoms with Gasteiger partial charge in [0.15, 0.2) is 11.0 Å². The molecule has 13 heteroatoms. The van der Waals surface area contributed by atoms with E-state index in [2.05, 4.69) is 20.2 Å². The second kappa shape index (κ2) is 12.2. The van der Waals surface area contributed by atoms with Gasteiger partial charge in [0, 0.05) is 60.9 Å². The third-order valence-corrected chi connectivity index (χ3v) is 9.02. The maximum atomic E-state index is 13.2. The molecule has 0 bridgehead atoms. The number of aromatic nitrogens is 5. The monoisotopic (exact) mass is 621 g/mol. The van der Waals surface area contributed by atoms with E-state index in [0.29, 0.717) is 54.3 Å². The number of thioether (sulfide) groups is 1. The Morgan fingerprint density at radius 1 is 0.977 bits per heavy atom. The minimum atomic E-state index is -4.40. The summed E-state index contributed by atoms with van der Waals surface area (Å²) in [5.74, 6) is 0.995.